The molecule has 242 valence electrons. The molecule has 3 aromatic rings. The van der Waals surface area contributed by atoms with Crippen LogP contribution in [0.4, 0.5) is 4.79 Å². The van der Waals surface area contributed by atoms with E-state index < -0.39 is 35.9 Å². The van der Waals surface area contributed by atoms with Gasteiger partial charge in [-0.05, 0) is 60.9 Å². The summed E-state index contributed by atoms with van der Waals surface area (Å²) in [5, 5.41) is 19.9. The highest BCUT2D eigenvalue weighted by atomic mass is 35.5. The molecule has 0 aliphatic carbocycles. The van der Waals surface area contributed by atoms with E-state index in [4.69, 9.17) is 11.6 Å². The van der Waals surface area contributed by atoms with Gasteiger partial charge >= 0.3 is 12.0 Å². The summed E-state index contributed by atoms with van der Waals surface area (Å²) in [6.07, 6.45) is 6.20. The van der Waals surface area contributed by atoms with E-state index in [1.807, 2.05) is 51.1 Å². The van der Waals surface area contributed by atoms with E-state index in [1.54, 1.807) is 23.2 Å². The summed E-state index contributed by atoms with van der Waals surface area (Å²) in [5.74, 6) is -2.26. The molecular weight excluding hydrogens is 594 g/mol. The van der Waals surface area contributed by atoms with E-state index in [0.717, 1.165) is 53.3 Å². The van der Waals surface area contributed by atoms with Crippen molar-refractivity contribution in [3.05, 3.63) is 70.4 Å². The molecule has 1 aromatic heterocycles. The van der Waals surface area contributed by atoms with Crippen LogP contribution in [0.25, 0.3) is 10.9 Å². The smallest absolute Gasteiger partial charge is 0.326 e. The van der Waals surface area contributed by atoms with Crippen LogP contribution >= 0.6 is 11.6 Å². The molecule has 3 atom stereocenters. The van der Waals surface area contributed by atoms with Gasteiger partial charge in [0.1, 0.15) is 18.1 Å². The molecule has 2 heterocycles. The highest BCUT2D eigenvalue weighted by Crippen LogP contribution is 2.22. The lowest BCUT2D eigenvalue weighted by atomic mass is 9.98. The Balaban J connectivity index is 1.56. The van der Waals surface area contributed by atoms with Crippen molar-refractivity contribution < 1.29 is 24.3 Å². The third kappa shape index (κ3) is 9.23. The molecule has 5 N–H and O–H groups in total. The highest BCUT2D eigenvalue weighted by molar-refractivity contribution is 6.31. The van der Waals surface area contributed by atoms with Gasteiger partial charge < -0.3 is 30.9 Å². The summed E-state index contributed by atoms with van der Waals surface area (Å²) in [6, 6.07) is 9.32. The first kappa shape index (κ1) is 33.8. The molecule has 0 bridgehead atoms. The van der Waals surface area contributed by atoms with Crippen molar-refractivity contribution in [2.75, 3.05) is 13.1 Å². The highest BCUT2D eigenvalue weighted by Gasteiger charge is 2.32. The zero-order valence-electron chi connectivity index (χ0n) is 26.2. The number of carboxylic acid groups (broad SMARTS) is 1. The number of hydrogen-bond acceptors (Lipinski definition) is 4. The second-order valence-electron chi connectivity index (χ2n) is 12.3. The number of nitrogens with zero attached hydrogens (tertiary/aromatic N) is 1. The van der Waals surface area contributed by atoms with E-state index in [0.29, 0.717) is 24.5 Å². The zero-order chi connectivity index (χ0) is 32.5. The topological polar surface area (TPSA) is 144 Å². The zero-order valence-corrected chi connectivity index (χ0v) is 27.0. The number of nitrogens with one attached hydrogen (secondary N) is 4. The number of halogens is 1. The van der Waals surface area contributed by atoms with Crippen LogP contribution in [-0.2, 0) is 27.2 Å². The Morgan fingerprint density at radius 2 is 1.49 bits per heavy atom. The molecule has 11 heteroatoms. The maximum Gasteiger partial charge on any atom is 0.326 e. The Labute approximate surface area is 269 Å². The average Bonchev–Trinajstić information content (AvgIpc) is 3.20. The number of fused-ring (bicyclic) bond motifs is 1. The van der Waals surface area contributed by atoms with Crippen LogP contribution in [0.5, 0.6) is 0 Å². The van der Waals surface area contributed by atoms with E-state index in [2.05, 4.69) is 20.9 Å². The van der Waals surface area contributed by atoms with Crippen molar-refractivity contribution >= 4 is 46.3 Å². The lowest BCUT2D eigenvalue weighted by Crippen LogP contribution is -2.58. The number of amides is 4. The lowest BCUT2D eigenvalue weighted by Gasteiger charge is -2.28. The molecule has 1 fully saturated rings. The van der Waals surface area contributed by atoms with Crippen molar-refractivity contribution in [1.29, 1.82) is 0 Å². The van der Waals surface area contributed by atoms with E-state index >= 15 is 0 Å². The summed E-state index contributed by atoms with van der Waals surface area (Å²) in [6.45, 7) is 7.01. The Bertz CT molecular complexity index is 1500. The van der Waals surface area contributed by atoms with Gasteiger partial charge in [-0.1, -0.05) is 68.6 Å². The number of aliphatic carboxylic acids is 1. The van der Waals surface area contributed by atoms with Gasteiger partial charge in [-0.2, -0.15) is 0 Å². The van der Waals surface area contributed by atoms with E-state index in [-0.39, 0.29) is 24.8 Å². The van der Waals surface area contributed by atoms with Gasteiger partial charge in [-0.25, -0.2) is 9.59 Å². The number of hydrogen-bond donors (Lipinski definition) is 5. The van der Waals surface area contributed by atoms with Crippen LogP contribution in [0.1, 0.15) is 62.6 Å². The summed E-state index contributed by atoms with van der Waals surface area (Å²) in [4.78, 5) is 58.0. The fourth-order valence-electron chi connectivity index (χ4n) is 5.78. The van der Waals surface area contributed by atoms with Crippen molar-refractivity contribution in [1.82, 2.24) is 25.8 Å². The Morgan fingerprint density at radius 1 is 0.844 bits per heavy atom. The second kappa shape index (κ2) is 15.8. The van der Waals surface area contributed by atoms with Crippen molar-refractivity contribution in [2.24, 2.45) is 5.92 Å². The fraction of sp³-hybridized carbons (Fsp3) is 0.471. The number of aromatic nitrogens is 1. The number of para-hydroxylation sites is 1. The summed E-state index contributed by atoms with van der Waals surface area (Å²) < 4.78 is 0. The average molecular weight is 638 g/mol. The van der Waals surface area contributed by atoms with Gasteiger partial charge in [0.25, 0.3) is 0 Å². The van der Waals surface area contributed by atoms with Crippen LogP contribution in [0.15, 0.2) is 48.7 Å². The fourth-order valence-corrected chi connectivity index (χ4v) is 5.98. The van der Waals surface area contributed by atoms with E-state index in [9.17, 15) is 24.3 Å². The maximum absolute atomic E-state index is 13.8. The molecule has 4 rings (SSSR count). The van der Waals surface area contributed by atoms with Gasteiger partial charge in [0, 0.05) is 48.1 Å². The van der Waals surface area contributed by atoms with Crippen LogP contribution in [-0.4, -0.2) is 70.0 Å². The second-order valence-corrected chi connectivity index (χ2v) is 12.7. The first-order valence-electron chi connectivity index (χ1n) is 15.7. The minimum atomic E-state index is -1.24. The summed E-state index contributed by atoms with van der Waals surface area (Å²) in [7, 11) is 0. The third-order valence-corrected chi connectivity index (χ3v) is 8.77. The number of carbonyl (C=O) groups excluding carboxylic acids is 3. The lowest BCUT2D eigenvalue weighted by molar-refractivity contribution is -0.142. The molecule has 0 saturated carbocycles. The van der Waals surface area contributed by atoms with Gasteiger partial charge in [0.15, 0.2) is 0 Å². The number of rotatable bonds is 12. The largest absolute Gasteiger partial charge is 0.480 e. The van der Waals surface area contributed by atoms with Gasteiger partial charge in [-0.15, -0.1) is 0 Å². The first-order chi connectivity index (χ1) is 21.5. The molecule has 1 aliphatic heterocycles. The number of carboxylic acids is 1. The number of H-pyrrole nitrogens is 1. The SMILES string of the molecule is Cc1c(Cl)cccc1C[C@@H](NC(=O)[C@H](CC(C)C)NC(=O)N1CCCCCC1)C(=O)N[C@H](Cc1c[nH]c2ccccc12)C(=O)O. The molecule has 0 unspecified atom stereocenters. The Morgan fingerprint density at radius 3 is 2.18 bits per heavy atom. The molecule has 4 amide bonds. The van der Waals surface area contributed by atoms with Crippen LogP contribution in [0.2, 0.25) is 5.02 Å². The van der Waals surface area contributed by atoms with E-state index in [1.165, 1.54) is 0 Å². The quantitative estimate of drug-likeness (QED) is 0.191. The first-order valence-corrected chi connectivity index (χ1v) is 16.1. The minimum absolute atomic E-state index is 0.0454. The Kier molecular flexibility index (Phi) is 11.9. The summed E-state index contributed by atoms with van der Waals surface area (Å²) >= 11 is 6.37. The third-order valence-electron chi connectivity index (χ3n) is 8.37. The van der Waals surface area contributed by atoms with Crippen molar-refractivity contribution in [2.45, 2.75) is 83.8 Å². The van der Waals surface area contributed by atoms with Crippen LogP contribution < -0.4 is 16.0 Å². The molecule has 45 heavy (non-hydrogen) atoms. The molecule has 1 aliphatic rings. The standard InChI is InChI=1S/C34H44ClN5O5/c1-21(2)17-28(39-34(45)40-15-8-4-5-9-16-40)31(41)37-29(18-23-11-10-13-26(35)22(23)3)32(42)38-30(33(43)44)19-24-20-36-27-14-7-6-12-25(24)27/h6-7,10-14,20-21,28-30,36H,4-5,8-9,15-19H2,1-3H3,(H,37,41)(H,38,42)(H,39,45)(H,43,44)/t28-,29+,30+/m0/s1. The van der Waals surface area contributed by atoms with Crippen LogP contribution in [0.3, 0.4) is 0 Å². The molecule has 0 spiro atoms. The molecule has 2 aromatic carbocycles. The van der Waals surface area contributed by atoms with Crippen molar-refractivity contribution in [3.63, 3.8) is 0 Å². The molecule has 1 saturated heterocycles. The number of carbonyl (C=O) groups is 4. The normalized spacial score (nSPS) is 15.6. The Hall–Kier alpha value is -4.05. The number of likely N-dealkylation sites (tertiary alicyclic amines) is 1. The van der Waals surface area contributed by atoms with Crippen LogP contribution in [0, 0.1) is 12.8 Å². The molecule has 0 radical (unpaired) electrons. The monoisotopic (exact) mass is 637 g/mol. The predicted molar refractivity (Wildman–Crippen MR) is 175 cm³/mol. The summed E-state index contributed by atoms with van der Waals surface area (Å²) in [5.41, 5.74) is 3.11. The number of benzene rings is 2. The minimum Gasteiger partial charge on any atom is -0.480 e. The number of aromatic amines is 1. The van der Waals surface area contributed by atoms with Crippen molar-refractivity contribution in [3.8, 4) is 0 Å². The van der Waals surface area contributed by atoms with Gasteiger partial charge in [0.05, 0.1) is 0 Å². The van der Waals surface area contributed by atoms with Gasteiger partial charge in [0.2, 0.25) is 11.8 Å². The molecule has 10 nitrogen and oxygen atoms in total. The number of urea groups is 1. The predicted octanol–water partition coefficient (Wildman–Crippen LogP) is 4.97. The van der Waals surface area contributed by atoms with Gasteiger partial charge in [-0.3, -0.25) is 9.59 Å². The maximum atomic E-state index is 13.8. The molecular formula is C34H44ClN5O5.